The molecule has 0 aliphatic carbocycles. The second kappa shape index (κ2) is 20.8. The van der Waals surface area contributed by atoms with Gasteiger partial charge in [0.15, 0.2) is 69.8 Å². The van der Waals surface area contributed by atoms with Crippen molar-refractivity contribution in [2.75, 3.05) is 0 Å². The van der Waals surface area contributed by atoms with Crippen LogP contribution in [0.4, 0.5) is 87.8 Å². The van der Waals surface area contributed by atoms with Crippen LogP contribution in [0, 0.1) is 116 Å². The number of hydrogen-bond donors (Lipinski definition) is 0. The number of fused-ring (bicyclic) bond motifs is 4. The standard InChI is InChI=1S/C31H22NO2.C24BF20/c33-29(23-11-2-1-3-12-23)21-32-28-17-9-5-10-22(28)18-19-31(32)34-30-20-24-13-4-6-14-25(24)26-15-7-8-16-27(26)30;26-5-1(6(27)14(35)21(42)13(5)34)25(2-7(28)15(36)22(43)16(37)8(2)29,3-9(30)17(38)23(44)18(39)10(3)31)4-11(32)19(40)24(45)20(41)12(4)33/h1-20H,21H2;/q+1;-1. The Kier molecular flexibility index (Phi) is 14.4. The maximum atomic E-state index is 15.4. The lowest BCUT2D eigenvalue weighted by Gasteiger charge is -2.44. The average molecular weight is 1120 g/mol. The Balaban J connectivity index is 0.000000198. The molecule has 10 aromatic rings. The van der Waals surface area contributed by atoms with E-state index in [0.717, 1.165) is 32.8 Å². The van der Waals surface area contributed by atoms with E-state index in [9.17, 15) is 57.5 Å². The van der Waals surface area contributed by atoms with Gasteiger partial charge in [-0.25, -0.2) is 87.8 Å². The van der Waals surface area contributed by atoms with E-state index in [0.29, 0.717) is 11.4 Å². The van der Waals surface area contributed by atoms with Gasteiger partial charge in [-0.15, -0.1) is 21.9 Å². The summed E-state index contributed by atoms with van der Waals surface area (Å²) in [5, 5.41) is 5.54. The predicted octanol–water partition coefficient (Wildman–Crippen LogP) is 13.0. The molecule has 24 heteroatoms. The molecule has 79 heavy (non-hydrogen) atoms. The van der Waals surface area contributed by atoms with Gasteiger partial charge in [0.05, 0.1) is 6.07 Å². The molecule has 0 saturated heterocycles. The Bertz CT molecular complexity index is 3800. The molecular formula is C55H22BF20NO2. The van der Waals surface area contributed by atoms with Crippen LogP contribution in [0.3, 0.4) is 0 Å². The van der Waals surface area contributed by atoms with Crippen LogP contribution in [-0.4, -0.2) is 11.9 Å². The number of carbonyl (C=O) groups excluding carboxylic acids is 1. The molecule has 0 aliphatic rings. The fourth-order valence-corrected chi connectivity index (χ4v) is 9.45. The molecule has 1 aromatic heterocycles. The smallest absolute Gasteiger partial charge is 0.374 e. The van der Waals surface area contributed by atoms with Gasteiger partial charge >= 0.3 is 5.88 Å². The third-order valence-corrected chi connectivity index (χ3v) is 12.9. The highest BCUT2D eigenvalue weighted by atomic mass is 19.2. The van der Waals surface area contributed by atoms with E-state index in [1.165, 1.54) is 5.39 Å². The van der Waals surface area contributed by atoms with Crippen molar-refractivity contribution >= 4 is 66.2 Å². The van der Waals surface area contributed by atoms with E-state index < -0.39 is 144 Å². The lowest BCUT2D eigenvalue weighted by molar-refractivity contribution is -0.661. The van der Waals surface area contributed by atoms with Crippen LogP contribution >= 0.6 is 0 Å². The normalized spacial score (nSPS) is 11.6. The van der Waals surface area contributed by atoms with Crippen LogP contribution in [0.1, 0.15) is 10.4 Å². The Hall–Kier alpha value is -8.96. The molecule has 1 heterocycles. The number of para-hydroxylation sites is 1. The number of hydrogen-bond acceptors (Lipinski definition) is 2. The molecule has 0 saturated carbocycles. The van der Waals surface area contributed by atoms with Gasteiger partial charge in [0.2, 0.25) is 17.8 Å². The van der Waals surface area contributed by atoms with E-state index in [1.54, 1.807) is 0 Å². The Labute approximate surface area is 428 Å². The minimum Gasteiger partial charge on any atom is -0.404 e. The number of benzene rings is 9. The number of Topliss-reactive ketones (excluding diaryl/α,β-unsaturated/α-hetero) is 1. The van der Waals surface area contributed by atoms with Crippen molar-refractivity contribution in [2.24, 2.45) is 0 Å². The molecule has 0 fully saturated rings. The molecule has 3 nitrogen and oxygen atoms in total. The van der Waals surface area contributed by atoms with Gasteiger partial charge in [-0.3, -0.25) is 4.79 Å². The van der Waals surface area contributed by atoms with Crippen molar-refractivity contribution in [3.8, 4) is 11.6 Å². The van der Waals surface area contributed by atoms with Crippen LogP contribution in [-0.2, 0) is 6.54 Å². The van der Waals surface area contributed by atoms with Crippen LogP contribution in [0.25, 0.3) is 32.4 Å². The fraction of sp³-hybridized carbons (Fsp3) is 0.0182. The summed E-state index contributed by atoms with van der Waals surface area (Å²) in [5.74, 6) is -70.0. The van der Waals surface area contributed by atoms with Crippen molar-refractivity contribution in [3.05, 3.63) is 243 Å². The summed E-state index contributed by atoms with van der Waals surface area (Å²) < 4.78 is 303. The largest absolute Gasteiger partial charge is 0.404 e. The van der Waals surface area contributed by atoms with Crippen molar-refractivity contribution in [3.63, 3.8) is 0 Å². The maximum absolute atomic E-state index is 15.4. The highest BCUT2D eigenvalue weighted by molar-refractivity contribution is 7.20. The summed E-state index contributed by atoms with van der Waals surface area (Å²) in [6.45, 7) is 0.187. The van der Waals surface area contributed by atoms with Crippen LogP contribution < -0.4 is 31.2 Å². The van der Waals surface area contributed by atoms with E-state index in [2.05, 4.69) is 36.4 Å². The summed E-state index contributed by atoms with van der Waals surface area (Å²) in [4.78, 5) is 13.2. The van der Waals surface area contributed by atoms with Crippen molar-refractivity contribution < 1.29 is 102 Å². The van der Waals surface area contributed by atoms with Gasteiger partial charge in [-0.05, 0) is 34.4 Å². The molecule has 402 valence electrons. The summed E-state index contributed by atoms with van der Waals surface area (Å²) in [6, 6.07) is 40.1. The number of halogens is 20. The topological polar surface area (TPSA) is 30.2 Å². The number of pyridine rings is 1. The first-order chi connectivity index (χ1) is 37.5. The first kappa shape index (κ1) is 54.8. The third-order valence-electron chi connectivity index (χ3n) is 12.9. The Morgan fingerprint density at radius 2 is 0.671 bits per heavy atom. The molecule has 9 aromatic carbocycles. The zero-order valence-corrected chi connectivity index (χ0v) is 38.7. The third kappa shape index (κ3) is 8.68. The highest BCUT2D eigenvalue weighted by Crippen LogP contribution is 2.36. The number of ether oxygens (including phenoxy) is 1. The van der Waals surface area contributed by atoms with E-state index in [1.807, 2.05) is 89.5 Å². The second-order valence-corrected chi connectivity index (χ2v) is 17.1. The van der Waals surface area contributed by atoms with E-state index in [4.69, 9.17) is 4.74 Å². The van der Waals surface area contributed by atoms with Crippen molar-refractivity contribution in [1.29, 1.82) is 0 Å². The molecule has 0 atom stereocenters. The Morgan fingerprint density at radius 1 is 0.342 bits per heavy atom. The van der Waals surface area contributed by atoms with Crippen LogP contribution in [0.5, 0.6) is 11.6 Å². The quantitative estimate of drug-likeness (QED) is 0.0274. The van der Waals surface area contributed by atoms with Gasteiger partial charge in [0.25, 0.3) is 0 Å². The number of aromatic nitrogens is 1. The van der Waals surface area contributed by atoms with Gasteiger partial charge in [0.1, 0.15) is 58.4 Å². The van der Waals surface area contributed by atoms with Crippen LogP contribution in [0.2, 0.25) is 0 Å². The minimum atomic E-state index is -7.22. The maximum Gasteiger partial charge on any atom is 0.374 e. The zero-order chi connectivity index (χ0) is 57.3. The summed E-state index contributed by atoms with van der Waals surface area (Å²) >= 11 is 0. The number of rotatable bonds is 9. The lowest BCUT2D eigenvalue weighted by atomic mass is 9.12. The summed E-state index contributed by atoms with van der Waals surface area (Å²) in [6.07, 6.45) is -7.22. The number of nitrogens with zero attached hydrogens (tertiary/aromatic N) is 1. The SMILES string of the molecule is Fc1c(F)c(F)c([B-](c2c(F)c(F)c(F)c(F)c2F)(c2c(F)c(F)c(F)c(F)c2F)c2c(F)c(F)c(F)c(F)c2F)c(F)c1F.O=C(C[n+]1c(Oc2cc3ccccc3c3ccccc23)ccc2ccccc21)c1ccccc1. The van der Waals surface area contributed by atoms with Crippen molar-refractivity contribution in [2.45, 2.75) is 6.54 Å². The molecule has 0 aliphatic heterocycles. The fourth-order valence-electron chi connectivity index (χ4n) is 9.45. The predicted molar refractivity (Wildman–Crippen MR) is 246 cm³/mol. The van der Waals surface area contributed by atoms with Gasteiger partial charge in [0, 0.05) is 22.4 Å². The average Bonchev–Trinajstić information content (AvgIpc) is 2.76. The van der Waals surface area contributed by atoms with Gasteiger partial charge < -0.3 is 4.74 Å². The first-order valence-electron chi connectivity index (χ1n) is 22.3. The number of carbonyl (C=O) groups is 1. The van der Waals surface area contributed by atoms with Gasteiger partial charge in [-0.2, -0.15) is 4.57 Å². The molecule has 10 rings (SSSR count). The molecular weight excluding hydrogens is 1100 g/mol. The molecule has 0 spiro atoms. The first-order valence-corrected chi connectivity index (χ1v) is 22.3. The molecule has 0 radical (unpaired) electrons. The lowest BCUT2D eigenvalue weighted by Crippen LogP contribution is -2.81. The second-order valence-electron chi connectivity index (χ2n) is 17.1. The molecule has 0 bridgehead atoms. The summed E-state index contributed by atoms with van der Waals surface area (Å²) in [5.41, 5.74) is -12.7. The molecule has 0 unspecified atom stereocenters. The summed E-state index contributed by atoms with van der Waals surface area (Å²) in [7, 11) is 0. The minimum absolute atomic E-state index is 0.0372. The van der Waals surface area contributed by atoms with Crippen LogP contribution in [0.15, 0.2) is 121 Å². The van der Waals surface area contributed by atoms with E-state index >= 15 is 35.1 Å². The monoisotopic (exact) mass is 1120 g/mol. The Morgan fingerprint density at radius 3 is 1.09 bits per heavy atom. The number of ketones is 1. The van der Waals surface area contributed by atoms with Crippen molar-refractivity contribution in [1.82, 2.24) is 0 Å². The van der Waals surface area contributed by atoms with Gasteiger partial charge in [-0.1, -0.05) is 91.0 Å². The molecule has 0 N–H and O–H groups in total. The highest BCUT2D eigenvalue weighted by Gasteiger charge is 2.52. The van der Waals surface area contributed by atoms with E-state index in [-0.39, 0.29) is 12.3 Å². The molecule has 0 amide bonds. The zero-order valence-electron chi connectivity index (χ0n) is 38.7.